The fraction of sp³-hybridized carbons (Fsp3) is 0.400. The largest absolute Gasteiger partial charge is 0.337 e. The van der Waals surface area contributed by atoms with Crippen molar-refractivity contribution < 1.29 is 9.32 Å². The number of aromatic nitrogens is 4. The summed E-state index contributed by atoms with van der Waals surface area (Å²) < 4.78 is 7.21. The quantitative estimate of drug-likeness (QED) is 0.735. The molecule has 0 spiro atoms. The molecule has 3 aromatic rings. The number of urea groups is 1. The Balaban J connectivity index is 1.56. The van der Waals surface area contributed by atoms with Crippen molar-refractivity contribution in [3.05, 3.63) is 54.4 Å². The second-order valence-corrected chi connectivity index (χ2v) is 7.25. The van der Waals surface area contributed by atoms with Crippen LogP contribution in [0.2, 0.25) is 0 Å². The number of carbonyl (C=O) groups is 1. The lowest BCUT2D eigenvalue weighted by Gasteiger charge is -2.33. The number of likely N-dealkylation sites (tertiary alicyclic amines) is 1. The van der Waals surface area contributed by atoms with Crippen LogP contribution in [0.15, 0.2) is 47.2 Å². The third kappa shape index (κ3) is 3.62. The Morgan fingerprint density at radius 2 is 2.11 bits per heavy atom. The highest BCUT2D eigenvalue weighted by atomic mass is 16.5. The maximum atomic E-state index is 13.1. The number of hydrogen-bond acceptors (Lipinski definition) is 5. The van der Waals surface area contributed by atoms with Crippen LogP contribution >= 0.6 is 0 Å². The lowest BCUT2D eigenvalue weighted by Crippen LogP contribution is -2.41. The Kier molecular flexibility index (Phi) is 5.10. The standard InChI is InChI=1S/C20H24N6O2/c1-14(2)18-23-19(28-24-18)17-10-5-6-12-25(17)20(27)22-15-8-3-4-9-16(15)26-13-7-11-21-26/h3-4,7-9,11,13-14,17H,5-6,10,12H2,1-2H3,(H,22,27). The van der Waals surface area contributed by atoms with Gasteiger partial charge in [-0.3, -0.25) is 0 Å². The molecule has 0 radical (unpaired) electrons. The minimum Gasteiger partial charge on any atom is -0.337 e. The maximum absolute atomic E-state index is 13.1. The molecular formula is C20H24N6O2. The molecule has 1 fully saturated rings. The van der Waals surface area contributed by atoms with Crippen LogP contribution in [0.5, 0.6) is 0 Å². The van der Waals surface area contributed by atoms with Gasteiger partial charge in [-0.2, -0.15) is 10.1 Å². The van der Waals surface area contributed by atoms with Crippen molar-refractivity contribution in [3.63, 3.8) is 0 Å². The fourth-order valence-electron chi connectivity index (χ4n) is 3.43. The zero-order valence-electron chi connectivity index (χ0n) is 16.1. The fourth-order valence-corrected chi connectivity index (χ4v) is 3.43. The topological polar surface area (TPSA) is 89.1 Å². The molecule has 1 aliphatic heterocycles. The first-order valence-electron chi connectivity index (χ1n) is 9.63. The summed E-state index contributed by atoms with van der Waals surface area (Å²) in [6.07, 6.45) is 6.35. The molecule has 0 saturated carbocycles. The first-order valence-corrected chi connectivity index (χ1v) is 9.63. The van der Waals surface area contributed by atoms with Crippen LogP contribution in [0.3, 0.4) is 0 Å². The Morgan fingerprint density at radius 1 is 1.25 bits per heavy atom. The number of anilines is 1. The molecule has 0 bridgehead atoms. The molecule has 28 heavy (non-hydrogen) atoms. The smallest absolute Gasteiger partial charge is 0.322 e. The molecule has 0 aliphatic carbocycles. The summed E-state index contributed by atoms with van der Waals surface area (Å²) in [5, 5.41) is 11.4. The highest BCUT2D eigenvalue weighted by molar-refractivity contribution is 5.91. The van der Waals surface area contributed by atoms with Gasteiger partial charge in [0.2, 0.25) is 5.89 Å². The molecule has 1 saturated heterocycles. The van der Waals surface area contributed by atoms with Gasteiger partial charge in [-0.15, -0.1) is 0 Å². The van der Waals surface area contributed by atoms with Gasteiger partial charge in [0, 0.05) is 24.9 Å². The molecular weight excluding hydrogens is 356 g/mol. The van der Waals surface area contributed by atoms with E-state index in [2.05, 4.69) is 20.6 Å². The number of carbonyl (C=O) groups excluding carboxylic acids is 1. The van der Waals surface area contributed by atoms with Crippen molar-refractivity contribution in [3.8, 4) is 5.69 Å². The average Bonchev–Trinajstić information content (AvgIpc) is 3.41. The van der Waals surface area contributed by atoms with Gasteiger partial charge >= 0.3 is 6.03 Å². The molecule has 146 valence electrons. The zero-order chi connectivity index (χ0) is 19.5. The van der Waals surface area contributed by atoms with Crippen LogP contribution in [0.25, 0.3) is 5.69 Å². The van der Waals surface area contributed by atoms with Crippen molar-refractivity contribution in [2.45, 2.75) is 45.1 Å². The highest BCUT2D eigenvalue weighted by Crippen LogP contribution is 2.31. The van der Waals surface area contributed by atoms with Gasteiger partial charge in [-0.1, -0.05) is 31.1 Å². The minimum atomic E-state index is -0.203. The molecule has 3 heterocycles. The summed E-state index contributed by atoms with van der Waals surface area (Å²) in [5.74, 6) is 1.37. The lowest BCUT2D eigenvalue weighted by atomic mass is 10.0. The maximum Gasteiger partial charge on any atom is 0.322 e. The van der Waals surface area contributed by atoms with Crippen LogP contribution < -0.4 is 5.32 Å². The van der Waals surface area contributed by atoms with Crippen LogP contribution in [-0.2, 0) is 0 Å². The van der Waals surface area contributed by atoms with Crippen molar-refractivity contribution in [2.24, 2.45) is 0 Å². The molecule has 8 nitrogen and oxygen atoms in total. The highest BCUT2D eigenvalue weighted by Gasteiger charge is 2.32. The first kappa shape index (κ1) is 18.2. The van der Waals surface area contributed by atoms with Gasteiger partial charge in [-0.25, -0.2) is 9.48 Å². The summed E-state index contributed by atoms with van der Waals surface area (Å²) in [6.45, 7) is 4.69. The Labute approximate surface area is 163 Å². The molecule has 1 aromatic carbocycles. The van der Waals surface area contributed by atoms with E-state index in [9.17, 15) is 4.79 Å². The number of amides is 2. The predicted octanol–water partition coefficient (Wildman–Crippen LogP) is 4.14. The van der Waals surface area contributed by atoms with Crippen molar-refractivity contribution in [1.29, 1.82) is 0 Å². The lowest BCUT2D eigenvalue weighted by molar-refractivity contribution is 0.142. The Morgan fingerprint density at radius 3 is 2.86 bits per heavy atom. The SMILES string of the molecule is CC(C)c1noc(C2CCCCN2C(=O)Nc2ccccc2-n2cccn2)n1. The van der Waals surface area contributed by atoms with Gasteiger partial charge in [0.1, 0.15) is 6.04 Å². The first-order chi connectivity index (χ1) is 13.6. The van der Waals surface area contributed by atoms with E-state index in [0.717, 1.165) is 24.9 Å². The molecule has 8 heteroatoms. The van der Waals surface area contributed by atoms with Gasteiger partial charge < -0.3 is 14.7 Å². The number of hydrogen-bond donors (Lipinski definition) is 1. The van der Waals surface area contributed by atoms with Gasteiger partial charge in [0.25, 0.3) is 0 Å². The Hall–Kier alpha value is -3.16. The number of rotatable bonds is 4. The summed E-state index contributed by atoms with van der Waals surface area (Å²) in [4.78, 5) is 19.4. The molecule has 1 aliphatic rings. The Bertz CT molecular complexity index is 934. The van der Waals surface area contributed by atoms with E-state index < -0.39 is 0 Å². The van der Waals surface area contributed by atoms with Crippen LogP contribution in [0.1, 0.15) is 56.8 Å². The zero-order valence-corrected chi connectivity index (χ0v) is 16.1. The van der Waals surface area contributed by atoms with E-state index in [1.165, 1.54) is 0 Å². The number of nitrogens with zero attached hydrogens (tertiary/aromatic N) is 5. The molecule has 2 aromatic heterocycles. The average molecular weight is 380 g/mol. The van der Waals surface area contributed by atoms with Crippen LogP contribution in [-0.4, -0.2) is 37.4 Å². The van der Waals surface area contributed by atoms with Gasteiger partial charge in [0.05, 0.1) is 11.4 Å². The summed E-state index contributed by atoms with van der Waals surface area (Å²) in [7, 11) is 0. The van der Waals surface area contributed by atoms with Crippen molar-refractivity contribution >= 4 is 11.7 Å². The second-order valence-electron chi connectivity index (χ2n) is 7.25. The number of benzene rings is 1. The monoisotopic (exact) mass is 380 g/mol. The second kappa shape index (κ2) is 7.84. The summed E-state index contributed by atoms with van der Waals surface area (Å²) >= 11 is 0. The molecule has 1 atom stereocenters. The van der Waals surface area contributed by atoms with E-state index in [-0.39, 0.29) is 18.0 Å². The third-order valence-corrected chi connectivity index (χ3v) is 4.92. The van der Waals surface area contributed by atoms with Gasteiger partial charge in [-0.05, 0) is 37.5 Å². The normalized spacial score (nSPS) is 17.1. The molecule has 4 rings (SSSR count). The summed E-state index contributed by atoms with van der Waals surface area (Å²) in [5.41, 5.74) is 1.52. The number of nitrogens with one attached hydrogen (secondary N) is 1. The molecule has 2 amide bonds. The van der Waals surface area contributed by atoms with Gasteiger partial charge in [0.15, 0.2) is 5.82 Å². The van der Waals surface area contributed by atoms with E-state index >= 15 is 0 Å². The number of piperidine rings is 1. The van der Waals surface area contributed by atoms with Crippen LogP contribution in [0, 0.1) is 0 Å². The van der Waals surface area contributed by atoms with E-state index in [0.29, 0.717) is 23.9 Å². The number of para-hydroxylation sites is 2. The van der Waals surface area contributed by atoms with Crippen molar-refractivity contribution in [1.82, 2.24) is 24.8 Å². The van der Waals surface area contributed by atoms with Crippen LogP contribution in [0.4, 0.5) is 10.5 Å². The van der Waals surface area contributed by atoms with E-state index in [1.807, 2.05) is 50.4 Å². The van der Waals surface area contributed by atoms with E-state index in [4.69, 9.17) is 4.52 Å². The predicted molar refractivity (Wildman–Crippen MR) is 104 cm³/mol. The van der Waals surface area contributed by atoms with E-state index in [1.54, 1.807) is 15.8 Å². The summed E-state index contributed by atoms with van der Waals surface area (Å²) in [6, 6.07) is 9.08. The molecule has 1 N–H and O–H groups in total. The third-order valence-electron chi connectivity index (χ3n) is 4.92. The van der Waals surface area contributed by atoms with Crippen molar-refractivity contribution in [2.75, 3.05) is 11.9 Å². The molecule has 1 unspecified atom stereocenters. The minimum absolute atomic E-state index is 0.173.